The summed E-state index contributed by atoms with van der Waals surface area (Å²) in [4.78, 5) is 16.1. The second-order valence-electron chi connectivity index (χ2n) is 5.49. The van der Waals surface area contributed by atoms with Crippen molar-refractivity contribution in [3.63, 3.8) is 0 Å². The third kappa shape index (κ3) is 3.69. The molecule has 0 aliphatic heterocycles. The van der Waals surface area contributed by atoms with Crippen LogP contribution in [-0.4, -0.2) is 26.8 Å². The van der Waals surface area contributed by atoms with Gasteiger partial charge in [-0.3, -0.25) is 14.5 Å². The van der Waals surface area contributed by atoms with Crippen molar-refractivity contribution in [1.82, 2.24) is 20.1 Å². The Morgan fingerprint density at radius 2 is 2.22 bits per heavy atom. The Hall–Kier alpha value is -2.38. The molecule has 0 saturated heterocycles. The first-order valence-electron chi connectivity index (χ1n) is 7.27. The lowest BCUT2D eigenvalue weighted by molar-refractivity contribution is -0.142. The minimum Gasteiger partial charge on any atom is -0.342 e. The van der Waals surface area contributed by atoms with Gasteiger partial charge in [0.05, 0.1) is 11.7 Å². The Morgan fingerprint density at radius 1 is 1.39 bits per heavy atom. The van der Waals surface area contributed by atoms with Gasteiger partial charge in [-0.2, -0.15) is 18.3 Å². The quantitative estimate of drug-likeness (QED) is 0.944. The van der Waals surface area contributed by atoms with Crippen LogP contribution in [-0.2, 0) is 13.0 Å². The summed E-state index contributed by atoms with van der Waals surface area (Å²) in [6.45, 7) is -1.12. The third-order valence-corrected chi connectivity index (χ3v) is 3.68. The fraction of sp³-hybridized carbons (Fsp3) is 0.400. The summed E-state index contributed by atoms with van der Waals surface area (Å²) in [5.74, 6) is -0.353. The van der Waals surface area contributed by atoms with E-state index < -0.39 is 12.7 Å². The molecule has 2 aromatic rings. The summed E-state index contributed by atoms with van der Waals surface area (Å²) in [5.41, 5.74) is 1.55. The molecule has 2 heterocycles. The van der Waals surface area contributed by atoms with E-state index in [9.17, 15) is 18.0 Å². The number of hydrogen-bond acceptors (Lipinski definition) is 3. The summed E-state index contributed by atoms with van der Waals surface area (Å²) in [5, 5.41) is 6.83. The van der Waals surface area contributed by atoms with E-state index in [1.54, 1.807) is 18.2 Å². The number of aromatic nitrogens is 3. The predicted octanol–water partition coefficient (Wildman–Crippen LogP) is 2.65. The van der Waals surface area contributed by atoms with Crippen LogP contribution in [0.5, 0.6) is 0 Å². The van der Waals surface area contributed by atoms with Crippen molar-refractivity contribution in [3.05, 3.63) is 47.5 Å². The Morgan fingerprint density at radius 3 is 2.91 bits per heavy atom. The lowest BCUT2D eigenvalue weighted by Crippen LogP contribution is -2.31. The summed E-state index contributed by atoms with van der Waals surface area (Å²) < 4.78 is 38.4. The molecule has 1 amide bonds. The van der Waals surface area contributed by atoms with Gasteiger partial charge in [0.25, 0.3) is 5.91 Å². The highest BCUT2D eigenvalue weighted by Gasteiger charge is 2.31. The average molecular weight is 324 g/mol. The minimum atomic E-state index is -4.32. The molecule has 122 valence electrons. The van der Waals surface area contributed by atoms with Crippen LogP contribution in [0.1, 0.15) is 40.6 Å². The van der Waals surface area contributed by atoms with E-state index >= 15 is 0 Å². The number of alkyl halides is 3. The number of hydrogen-bond donors (Lipinski definition) is 1. The maximum atomic E-state index is 12.5. The molecule has 0 saturated carbocycles. The van der Waals surface area contributed by atoms with Crippen LogP contribution in [0, 0.1) is 0 Å². The lowest BCUT2D eigenvalue weighted by atomic mass is 9.93. The standard InChI is InChI=1S/C15H15F3N4O/c16-15(17,18)9-22-8-10-4-3-6-11(13(10)21-22)20-14(23)12-5-1-2-7-19-12/h1-2,5,7-8,11H,3-4,6,9H2,(H,20,23)/t11-/m1/s1. The molecule has 8 heteroatoms. The third-order valence-electron chi connectivity index (χ3n) is 3.68. The van der Waals surface area contributed by atoms with Gasteiger partial charge in [0.15, 0.2) is 0 Å². The zero-order chi connectivity index (χ0) is 16.4. The summed E-state index contributed by atoms with van der Waals surface area (Å²) in [6, 6.07) is 4.60. The van der Waals surface area contributed by atoms with E-state index in [2.05, 4.69) is 15.4 Å². The van der Waals surface area contributed by atoms with Crippen molar-refractivity contribution in [3.8, 4) is 0 Å². The van der Waals surface area contributed by atoms with Gasteiger partial charge in [-0.15, -0.1) is 0 Å². The van der Waals surface area contributed by atoms with E-state index in [1.807, 2.05) is 0 Å². The fourth-order valence-corrected chi connectivity index (χ4v) is 2.73. The number of fused-ring (bicyclic) bond motifs is 1. The molecule has 0 aromatic carbocycles. The van der Waals surface area contributed by atoms with E-state index in [4.69, 9.17) is 0 Å². The smallest absolute Gasteiger partial charge is 0.342 e. The van der Waals surface area contributed by atoms with Gasteiger partial charge in [-0.1, -0.05) is 6.07 Å². The first-order valence-corrected chi connectivity index (χ1v) is 7.27. The molecule has 0 bridgehead atoms. The Kier molecular flexibility index (Phi) is 4.06. The van der Waals surface area contributed by atoms with E-state index in [0.717, 1.165) is 16.7 Å². The average Bonchev–Trinajstić information content (AvgIpc) is 2.89. The maximum absolute atomic E-state index is 12.5. The van der Waals surface area contributed by atoms with Crippen molar-refractivity contribution in [1.29, 1.82) is 0 Å². The number of aryl methyl sites for hydroxylation is 1. The minimum absolute atomic E-state index is 0.273. The fourth-order valence-electron chi connectivity index (χ4n) is 2.73. The van der Waals surface area contributed by atoms with Gasteiger partial charge in [-0.05, 0) is 37.0 Å². The van der Waals surface area contributed by atoms with Crippen LogP contribution in [0.2, 0.25) is 0 Å². The number of carbonyl (C=O) groups is 1. The van der Waals surface area contributed by atoms with Gasteiger partial charge in [0.1, 0.15) is 12.2 Å². The number of nitrogens with zero attached hydrogens (tertiary/aromatic N) is 3. The van der Waals surface area contributed by atoms with E-state index in [-0.39, 0.29) is 17.6 Å². The maximum Gasteiger partial charge on any atom is 0.408 e. The molecule has 2 aromatic heterocycles. The van der Waals surface area contributed by atoms with E-state index in [0.29, 0.717) is 18.5 Å². The topological polar surface area (TPSA) is 59.8 Å². The van der Waals surface area contributed by atoms with Gasteiger partial charge in [0.2, 0.25) is 0 Å². The zero-order valence-electron chi connectivity index (χ0n) is 12.2. The second kappa shape index (κ2) is 6.02. The molecule has 3 rings (SSSR count). The van der Waals surface area contributed by atoms with Crippen LogP contribution in [0.15, 0.2) is 30.6 Å². The van der Waals surface area contributed by atoms with Crippen molar-refractivity contribution in [2.75, 3.05) is 0 Å². The highest BCUT2D eigenvalue weighted by Crippen LogP contribution is 2.29. The molecular weight excluding hydrogens is 309 g/mol. The summed E-state index contributed by atoms with van der Waals surface area (Å²) in [7, 11) is 0. The van der Waals surface area contributed by atoms with Crippen LogP contribution >= 0.6 is 0 Å². The molecule has 0 radical (unpaired) electrons. The number of amides is 1. The van der Waals surface area contributed by atoms with Crippen molar-refractivity contribution < 1.29 is 18.0 Å². The molecule has 1 aliphatic carbocycles. The van der Waals surface area contributed by atoms with Crippen molar-refractivity contribution >= 4 is 5.91 Å². The Balaban J connectivity index is 1.77. The molecule has 0 unspecified atom stereocenters. The van der Waals surface area contributed by atoms with Crippen molar-refractivity contribution in [2.45, 2.75) is 38.0 Å². The number of pyridine rings is 1. The van der Waals surface area contributed by atoms with Gasteiger partial charge in [0, 0.05) is 12.4 Å². The van der Waals surface area contributed by atoms with E-state index in [1.165, 1.54) is 12.4 Å². The first-order chi connectivity index (χ1) is 10.9. The molecule has 1 atom stereocenters. The first kappa shape index (κ1) is 15.5. The molecule has 23 heavy (non-hydrogen) atoms. The largest absolute Gasteiger partial charge is 0.408 e. The summed E-state index contributed by atoms with van der Waals surface area (Å²) in [6.07, 6.45) is 0.720. The predicted molar refractivity (Wildman–Crippen MR) is 75.7 cm³/mol. The normalized spacial score (nSPS) is 17.6. The molecule has 1 aliphatic rings. The number of nitrogens with one attached hydrogen (secondary N) is 1. The second-order valence-corrected chi connectivity index (χ2v) is 5.49. The Bertz CT molecular complexity index is 696. The van der Waals surface area contributed by atoms with Crippen LogP contribution in [0.25, 0.3) is 0 Å². The van der Waals surface area contributed by atoms with Crippen LogP contribution < -0.4 is 5.32 Å². The molecule has 0 fully saturated rings. The monoisotopic (exact) mass is 324 g/mol. The van der Waals surface area contributed by atoms with Gasteiger partial charge >= 0.3 is 6.18 Å². The van der Waals surface area contributed by atoms with Crippen LogP contribution in [0.4, 0.5) is 13.2 Å². The van der Waals surface area contributed by atoms with Gasteiger partial charge < -0.3 is 5.32 Å². The number of halogens is 3. The number of rotatable bonds is 3. The zero-order valence-corrected chi connectivity index (χ0v) is 12.2. The molecule has 1 N–H and O–H groups in total. The lowest BCUT2D eigenvalue weighted by Gasteiger charge is -2.22. The van der Waals surface area contributed by atoms with Gasteiger partial charge in [-0.25, -0.2) is 0 Å². The highest BCUT2D eigenvalue weighted by molar-refractivity contribution is 5.92. The molecule has 5 nitrogen and oxygen atoms in total. The van der Waals surface area contributed by atoms with Crippen LogP contribution in [0.3, 0.4) is 0 Å². The van der Waals surface area contributed by atoms with Crippen molar-refractivity contribution in [2.24, 2.45) is 0 Å². The number of carbonyl (C=O) groups excluding carboxylic acids is 1. The highest BCUT2D eigenvalue weighted by atomic mass is 19.4. The SMILES string of the molecule is O=C(N[C@@H]1CCCc2cn(CC(F)(F)F)nc21)c1ccccn1. The molecular formula is C15H15F3N4O. The Labute approximate surface area is 130 Å². The summed E-state index contributed by atoms with van der Waals surface area (Å²) >= 11 is 0. The molecule has 0 spiro atoms.